The highest BCUT2D eigenvalue weighted by Crippen LogP contribution is 2.19. The van der Waals surface area contributed by atoms with Crippen LogP contribution >= 0.6 is 0 Å². The monoisotopic (exact) mass is 209 g/mol. The van der Waals surface area contributed by atoms with Crippen LogP contribution in [0.15, 0.2) is 18.2 Å². The van der Waals surface area contributed by atoms with Gasteiger partial charge in [-0.2, -0.15) is 0 Å². The number of carbonyl (C=O) groups is 1. The summed E-state index contributed by atoms with van der Waals surface area (Å²) in [5, 5.41) is 10.5. The molecule has 5 heteroatoms. The maximum atomic E-state index is 10.5. The normalized spacial score (nSPS) is 9.73. The minimum atomic E-state index is -0.440. The summed E-state index contributed by atoms with van der Waals surface area (Å²) in [4.78, 5) is 20.6. The molecule has 0 spiro atoms. The first-order valence-corrected chi connectivity index (χ1v) is 4.38. The van der Waals surface area contributed by atoms with E-state index in [2.05, 4.69) is 0 Å². The number of hydrogen-bond acceptors (Lipinski definition) is 4. The Morgan fingerprint density at radius 1 is 1.53 bits per heavy atom. The lowest BCUT2D eigenvalue weighted by molar-refractivity contribution is -0.385. The highest BCUT2D eigenvalue weighted by Gasteiger charge is 2.10. The summed E-state index contributed by atoms with van der Waals surface area (Å²) >= 11 is 0. The van der Waals surface area contributed by atoms with Crippen molar-refractivity contribution in [2.75, 3.05) is 0 Å². The van der Waals surface area contributed by atoms with Crippen molar-refractivity contribution in [3.8, 4) is 0 Å². The van der Waals surface area contributed by atoms with Crippen molar-refractivity contribution in [3.63, 3.8) is 0 Å². The third-order valence-corrected chi connectivity index (χ3v) is 1.90. The molecule has 0 radical (unpaired) electrons. The van der Waals surface area contributed by atoms with Crippen LogP contribution in [0.3, 0.4) is 0 Å². The average Bonchev–Trinajstić information content (AvgIpc) is 2.14. The summed E-state index contributed by atoms with van der Waals surface area (Å²) < 4.78 is 4.77. The average molecular weight is 209 g/mol. The van der Waals surface area contributed by atoms with Crippen LogP contribution in [-0.4, -0.2) is 10.9 Å². The molecule has 0 fully saturated rings. The van der Waals surface area contributed by atoms with E-state index in [4.69, 9.17) is 4.74 Å². The van der Waals surface area contributed by atoms with Crippen LogP contribution in [0.1, 0.15) is 18.1 Å². The fourth-order valence-corrected chi connectivity index (χ4v) is 1.20. The predicted octanol–water partition coefficient (Wildman–Crippen LogP) is 1.97. The number of rotatable bonds is 3. The van der Waals surface area contributed by atoms with Gasteiger partial charge in [-0.3, -0.25) is 14.9 Å². The van der Waals surface area contributed by atoms with E-state index >= 15 is 0 Å². The van der Waals surface area contributed by atoms with E-state index < -0.39 is 4.92 Å². The molecule has 0 N–H and O–H groups in total. The molecule has 0 amide bonds. The number of nitrogens with zero attached hydrogens (tertiary/aromatic N) is 1. The van der Waals surface area contributed by atoms with E-state index in [-0.39, 0.29) is 18.3 Å². The Hall–Kier alpha value is -1.91. The molecule has 0 unspecified atom stereocenters. The van der Waals surface area contributed by atoms with Gasteiger partial charge in [0.2, 0.25) is 0 Å². The summed E-state index contributed by atoms with van der Waals surface area (Å²) in [5.74, 6) is -0.369. The Balaban J connectivity index is 2.82. The smallest absolute Gasteiger partial charge is 0.302 e. The third kappa shape index (κ3) is 3.05. The van der Waals surface area contributed by atoms with Gasteiger partial charge in [-0.1, -0.05) is 0 Å². The first-order chi connectivity index (χ1) is 7.00. The Bertz CT molecular complexity index is 400. The maximum Gasteiger partial charge on any atom is 0.302 e. The van der Waals surface area contributed by atoms with Crippen LogP contribution in [0.4, 0.5) is 5.69 Å². The highest BCUT2D eigenvalue weighted by molar-refractivity contribution is 5.65. The van der Waals surface area contributed by atoms with Crippen molar-refractivity contribution in [1.82, 2.24) is 0 Å². The largest absolute Gasteiger partial charge is 0.461 e. The number of aryl methyl sites for hydroxylation is 1. The quantitative estimate of drug-likeness (QED) is 0.433. The highest BCUT2D eigenvalue weighted by atomic mass is 16.6. The van der Waals surface area contributed by atoms with Crippen molar-refractivity contribution in [2.45, 2.75) is 20.5 Å². The number of nitro groups is 1. The van der Waals surface area contributed by atoms with Crippen LogP contribution in [0.5, 0.6) is 0 Å². The van der Waals surface area contributed by atoms with Crippen molar-refractivity contribution in [1.29, 1.82) is 0 Å². The number of nitro benzene ring substituents is 1. The Morgan fingerprint density at radius 2 is 2.20 bits per heavy atom. The summed E-state index contributed by atoms with van der Waals surface area (Å²) in [6.07, 6.45) is 0. The SMILES string of the molecule is CC(=O)OCc1ccc([N+](=O)[O-])c(C)c1. The minimum absolute atomic E-state index is 0.0709. The maximum absolute atomic E-state index is 10.5. The standard InChI is InChI=1S/C10H11NO4/c1-7-5-9(6-15-8(2)12)3-4-10(7)11(13)14/h3-5H,6H2,1-2H3. The van der Waals surface area contributed by atoms with E-state index in [1.54, 1.807) is 19.1 Å². The van der Waals surface area contributed by atoms with E-state index in [0.717, 1.165) is 5.56 Å². The molecule has 0 saturated carbocycles. The second kappa shape index (κ2) is 4.54. The molecule has 5 nitrogen and oxygen atoms in total. The number of carbonyl (C=O) groups excluding carboxylic acids is 1. The van der Waals surface area contributed by atoms with Gasteiger partial charge in [-0.25, -0.2) is 0 Å². The van der Waals surface area contributed by atoms with Crippen molar-refractivity contribution in [3.05, 3.63) is 39.4 Å². The van der Waals surface area contributed by atoms with Gasteiger partial charge in [-0.05, 0) is 24.6 Å². The number of benzene rings is 1. The Labute approximate surface area is 86.8 Å². The van der Waals surface area contributed by atoms with Gasteiger partial charge >= 0.3 is 5.97 Å². The molecule has 1 rings (SSSR count). The topological polar surface area (TPSA) is 69.4 Å². The first kappa shape index (κ1) is 11.2. The minimum Gasteiger partial charge on any atom is -0.461 e. The summed E-state index contributed by atoms with van der Waals surface area (Å²) in [6, 6.07) is 4.63. The lowest BCUT2D eigenvalue weighted by Crippen LogP contribution is -2.00. The molecule has 0 heterocycles. The summed E-state index contributed by atoms with van der Waals surface area (Å²) in [7, 11) is 0. The zero-order valence-electron chi connectivity index (χ0n) is 8.52. The fraction of sp³-hybridized carbons (Fsp3) is 0.300. The van der Waals surface area contributed by atoms with E-state index in [1.165, 1.54) is 13.0 Å². The fourth-order valence-electron chi connectivity index (χ4n) is 1.20. The molecule has 0 aliphatic carbocycles. The van der Waals surface area contributed by atoms with E-state index in [9.17, 15) is 14.9 Å². The number of hydrogen-bond donors (Lipinski definition) is 0. The van der Waals surface area contributed by atoms with Crippen LogP contribution in [0, 0.1) is 17.0 Å². The molecule has 15 heavy (non-hydrogen) atoms. The van der Waals surface area contributed by atoms with Gasteiger partial charge in [-0.15, -0.1) is 0 Å². The summed E-state index contributed by atoms with van der Waals surface area (Å²) in [6.45, 7) is 3.11. The van der Waals surface area contributed by atoms with Crippen LogP contribution < -0.4 is 0 Å². The molecule has 0 aliphatic heterocycles. The molecular weight excluding hydrogens is 198 g/mol. The zero-order chi connectivity index (χ0) is 11.4. The van der Waals surface area contributed by atoms with Gasteiger partial charge in [0.05, 0.1) is 4.92 Å². The lowest BCUT2D eigenvalue weighted by Gasteiger charge is -2.03. The van der Waals surface area contributed by atoms with Crippen LogP contribution in [0.25, 0.3) is 0 Å². The third-order valence-electron chi connectivity index (χ3n) is 1.90. The van der Waals surface area contributed by atoms with Crippen LogP contribution in [0.2, 0.25) is 0 Å². The van der Waals surface area contributed by atoms with Gasteiger partial charge in [0, 0.05) is 18.6 Å². The zero-order valence-corrected chi connectivity index (χ0v) is 8.52. The van der Waals surface area contributed by atoms with Crippen molar-refractivity contribution in [2.24, 2.45) is 0 Å². The van der Waals surface area contributed by atoms with Gasteiger partial charge in [0.25, 0.3) is 5.69 Å². The van der Waals surface area contributed by atoms with Crippen LogP contribution in [-0.2, 0) is 16.1 Å². The van der Waals surface area contributed by atoms with Crippen molar-refractivity contribution < 1.29 is 14.5 Å². The molecular formula is C10H11NO4. The van der Waals surface area contributed by atoms with Gasteiger partial charge in [0.15, 0.2) is 0 Å². The second-order valence-corrected chi connectivity index (χ2v) is 3.16. The van der Waals surface area contributed by atoms with Crippen molar-refractivity contribution >= 4 is 11.7 Å². The Morgan fingerprint density at radius 3 is 2.67 bits per heavy atom. The molecule has 0 bridgehead atoms. The molecule has 1 aromatic carbocycles. The van der Waals surface area contributed by atoms with E-state index in [0.29, 0.717) is 5.56 Å². The number of ether oxygens (including phenoxy) is 1. The van der Waals surface area contributed by atoms with Gasteiger partial charge < -0.3 is 4.74 Å². The Kier molecular flexibility index (Phi) is 3.38. The predicted molar refractivity (Wildman–Crippen MR) is 53.3 cm³/mol. The molecule has 1 aromatic rings. The second-order valence-electron chi connectivity index (χ2n) is 3.16. The van der Waals surface area contributed by atoms with E-state index in [1.807, 2.05) is 0 Å². The summed E-state index contributed by atoms with van der Waals surface area (Å²) in [5.41, 5.74) is 1.37. The molecule has 0 saturated heterocycles. The first-order valence-electron chi connectivity index (χ1n) is 4.38. The number of esters is 1. The molecule has 0 aliphatic rings. The van der Waals surface area contributed by atoms with Gasteiger partial charge in [0.1, 0.15) is 6.61 Å². The molecule has 0 atom stereocenters. The molecule has 80 valence electrons. The lowest BCUT2D eigenvalue weighted by atomic mass is 10.1. The molecule has 0 aromatic heterocycles.